The first kappa shape index (κ1) is 22.0. The Labute approximate surface area is 198 Å². The van der Waals surface area contributed by atoms with Crippen LogP contribution in [0.1, 0.15) is 46.1 Å². The van der Waals surface area contributed by atoms with Crippen LogP contribution in [0.4, 0.5) is 0 Å². The molecule has 3 aromatic rings. The third-order valence-electron chi connectivity index (χ3n) is 6.88. The highest BCUT2D eigenvalue weighted by molar-refractivity contribution is 6.04. The van der Waals surface area contributed by atoms with Crippen molar-refractivity contribution in [2.45, 2.75) is 25.7 Å². The number of benzene rings is 2. The number of rotatable bonds is 4. The van der Waals surface area contributed by atoms with Crippen LogP contribution in [0.25, 0.3) is 11.1 Å². The number of aryl methyl sites for hydroxylation is 1. The molecule has 2 aliphatic carbocycles. The molecule has 2 aliphatic rings. The van der Waals surface area contributed by atoms with Crippen LogP contribution in [0.3, 0.4) is 0 Å². The Balaban J connectivity index is 1.78. The molecule has 0 spiro atoms. The van der Waals surface area contributed by atoms with Gasteiger partial charge in [-0.3, -0.25) is 9.59 Å². The van der Waals surface area contributed by atoms with Crippen molar-refractivity contribution in [3.63, 3.8) is 0 Å². The van der Waals surface area contributed by atoms with Crippen molar-refractivity contribution < 1.29 is 23.5 Å². The lowest BCUT2D eigenvalue weighted by Gasteiger charge is -2.32. The smallest absolute Gasteiger partial charge is 0.324 e. The minimum atomic E-state index is -1.49. The van der Waals surface area contributed by atoms with Crippen molar-refractivity contribution in [2.75, 3.05) is 14.2 Å². The Bertz CT molecular complexity index is 1300. The summed E-state index contributed by atoms with van der Waals surface area (Å²) < 4.78 is 16.4. The van der Waals surface area contributed by atoms with Crippen molar-refractivity contribution >= 4 is 23.1 Å². The number of ether oxygens (including phenoxy) is 2. The van der Waals surface area contributed by atoms with E-state index < -0.39 is 17.4 Å². The van der Waals surface area contributed by atoms with E-state index in [-0.39, 0.29) is 18.8 Å². The number of esters is 2. The van der Waals surface area contributed by atoms with Crippen molar-refractivity contribution in [2.24, 2.45) is 5.41 Å². The summed E-state index contributed by atoms with van der Waals surface area (Å²) in [5, 5.41) is 0. The Morgan fingerprint density at radius 2 is 1.53 bits per heavy atom. The van der Waals surface area contributed by atoms with Gasteiger partial charge in [0.1, 0.15) is 11.5 Å². The molecule has 2 aromatic carbocycles. The summed E-state index contributed by atoms with van der Waals surface area (Å²) >= 11 is 0. The van der Waals surface area contributed by atoms with Crippen molar-refractivity contribution in [1.82, 2.24) is 0 Å². The molecule has 5 heteroatoms. The average molecular weight is 455 g/mol. The highest BCUT2D eigenvalue weighted by atomic mass is 16.5. The van der Waals surface area contributed by atoms with E-state index in [4.69, 9.17) is 13.9 Å². The third kappa shape index (κ3) is 3.39. The Morgan fingerprint density at radius 1 is 0.912 bits per heavy atom. The summed E-state index contributed by atoms with van der Waals surface area (Å²) in [5.74, 6) is 0.123. The van der Waals surface area contributed by atoms with E-state index in [9.17, 15) is 9.59 Å². The van der Waals surface area contributed by atoms with Crippen molar-refractivity contribution in [1.29, 1.82) is 0 Å². The molecule has 1 atom stereocenters. The lowest BCUT2D eigenvalue weighted by atomic mass is 9.70. The third-order valence-corrected chi connectivity index (χ3v) is 6.88. The maximum absolute atomic E-state index is 13.0. The molecule has 0 saturated heterocycles. The molecular weight excluding hydrogens is 428 g/mol. The predicted molar refractivity (Wildman–Crippen MR) is 129 cm³/mol. The number of hydrogen-bond acceptors (Lipinski definition) is 5. The molecule has 5 nitrogen and oxygen atoms in total. The normalized spacial score (nSPS) is 18.1. The monoisotopic (exact) mass is 454 g/mol. The Hall–Kier alpha value is -3.86. The lowest BCUT2D eigenvalue weighted by Crippen LogP contribution is -2.45. The van der Waals surface area contributed by atoms with Gasteiger partial charge < -0.3 is 13.9 Å². The van der Waals surface area contributed by atoms with Gasteiger partial charge in [-0.05, 0) is 29.2 Å². The van der Waals surface area contributed by atoms with Gasteiger partial charge in [0.15, 0.2) is 5.41 Å². The number of furan rings is 1. The van der Waals surface area contributed by atoms with Gasteiger partial charge in [-0.1, -0.05) is 72.8 Å². The van der Waals surface area contributed by atoms with Crippen LogP contribution in [0.2, 0.25) is 0 Å². The fourth-order valence-corrected chi connectivity index (χ4v) is 5.34. The zero-order valence-electron chi connectivity index (χ0n) is 19.5. The van der Waals surface area contributed by atoms with Crippen LogP contribution in [0.5, 0.6) is 0 Å². The Kier molecular flexibility index (Phi) is 5.48. The van der Waals surface area contributed by atoms with E-state index in [2.05, 4.69) is 36.4 Å². The highest BCUT2D eigenvalue weighted by Gasteiger charge is 2.54. The van der Waals surface area contributed by atoms with E-state index in [1.807, 2.05) is 43.3 Å². The number of carbonyl (C=O) groups is 2. The van der Waals surface area contributed by atoms with Crippen LogP contribution in [-0.4, -0.2) is 26.2 Å². The first-order valence-electron chi connectivity index (χ1n) is 11.3. The summed E-state index contributed by atoms with van der Waals surface area (Å²) in [6.45, 7) is 1.94. The topological polar surface area (TPSA) is 65.7 Å². The summed E-state index contributed by atoms with van der Waals surface area (Å²) in [7, 11) is 2.59. The van der Waals surface area contributed by atoms with E-state index in [1.54, 1.807) is 0 Å². The van der Waals surface area contributed by atoms with Crippen LogP contribution >= 0.6 is 0 Å². The second kappa shape index (κ2) is 8.49. The molecule has 0 amide bonds. The van der Waals surface area contributed by atoms with Gasteiger partial charge in [0, 0.05) is 29.9 Å². The maximum atomic E-state index is 13.0. The number of carbonyl (C=O) groups excluding carboxylic acids is 2. The summed E-state index contributed by atoms with van der Waals surface area (Å²) in [5.41, 5.74) is 4.67. The van der Waals surface area contributed by atoms with Gasteiger partial charge in [-0.15, -0.1) is 0 Å². The predicted octanol–water partition coefficient (Wildman–Crippen LogP) is 5.48. The maximum Gasteiger partial charge on any atom is 0.324 e. The first-order valence-corrected chi connectivity index (χ1v) is 11.3. The van der Waals surface area contributed by atoms with Gasteiger partial charge in [0.2, 0.25) is 0 Å². The van der Waals surface area contributed by atoms with Crippen LogP contribution in [-0.2, 0) is 25.5 Å². The van der Waals surface area contributed by atoms with Crippen LogP contribution in [0.15, 0.2) is 77.2 Å². The standard InChI is InChI=1S/C29H26O5/c1-18-25-23(20-12-8-5-9-13-20)15-21(19-10-6-4-7-11-19)14-22-16-29(27(30)32-2,28(31)33-3)17-24(34-18)26(22)25/h4-15,23H,16-17H2,1-3H3. The molecule has 34 heavy (non-hydrogen) atoms. The number of allylic oxidation sites excluding steroid dienone is 4. The molecular formula is C29H26O5. The van der Waals surface area contributed by atoms with Gasteiger partial charge in [0.25, 0.3) is 0 Å². The Morgan fingerprint density at radius 3 is 2.15 bits per heavy atom. The molecule has 172 valence electrons. The molecule has 1 unspecified atom stereocenters. The van der Waals surface area contributed by atoms with Gasteiger partial charge in [0.05, 0.1) is 14.2 Å². The fraction of sp³-hybridized carbons (Fsp3) is 0.241. The van der Waals surface area contributed by atoms with E-state index in [0.29, 0.717) is 5.76 Å². The van der Waals surface area contributed by atoms with Crippen LogP contribution < -0.4 is 0 Å². The summed E-state index contributed by atoms with van der Waals surface area (Å²) in [6, 6.07) is 20.4. The molecule has 0 bridgehead atoms. The summed E-state index contributed by atoms with van der Waals surface area (Å²) in [6.07, 6.45) is 4.60. The zero-order chi connectivity index (χ0) is 23.9. The summed E-state index contributed by atoms with van der Waals surface area (Å²) in [4.78, 5) is 26.0. The quantitative estimate of drug-likeness (QED) is 0.386. The second-order valence-corrected chi connectivity index (χ2v) is 8.83. The van der Waals surface area contributed by atoms with E-state index in [0.717, 1.165) is 39.2 Å². The molecule has 0 saturated carbocycles. The molecule has 1 heterocycles. The minimum Gasteiger partial charge on any atom is -0.468 e. The van der Waals surface area contributed by atoms with Crippen LogP contribution in [0, 0.1) is 12.3 Å². The SMILES string of the molecule is COC(=O)C1(C(=O)OC)CC2=CC(c3ccccc3)=CC(c3ccccc3)c3c(C)oc(c32)C1. The lowest BCUT2D eigenvalue weighted by molar-refractivity contribution is -0.169. The molecule has 0 aliphatic heterocycles. The van der Waals surface area contributed by atoms with E-state index in [1.165, 1.54) is 14.2 Å². The number of hydrogen-bond donors (Lipinski definition) is 0. The van der Waals surface area contributed by atoms with Crippen molar-refractivity contribution in [3.8, 4) is 0 Å². The second-order valence-electron chi connectivity index (χ2n) is 8.83. The molecule has 0 N–H and O–H groups in total. The van der Waals surface area contributed by atoms with Gasteiger partial charge >= 0.3 is 11.9 Å². The average Bonchev–Trinajstić information content (AvgIpc) is 3.10. The molecule has 0 fully saturated rings. The molecule has 5 rings (SSSR count). The zero-order valence-corrected chi connectivity index (χ0v) is 19.5. The largest absolute Gasteiger partial charge is 0.468 e. The van der Waals surface area contributed by atoms with Crippen molar-refractivity contribution in [3.05, 3.63) is 107 Å². The molecule has 0 radical (unpaired) electrons. The molecule has 1 aromatic heterocycles. The fourth-order valence-electron chi connectivity index (χ4n) is 5.34. The van der Waals surface area contributed by atoms with Gasteiger partial charge in [-0.25, -0.2) is 0 Å². The number of methoxy groups -OCH3 is 2. The first-order chi connectivity index (χ1) is 16.5. The highest BCUT2D eigenvalue weighted by Crippen LogP contribution is 2.51. The van der Waals surface area contributed by atoms with Gasteiger partial charge in [-0.2, -0.15) is 0 Å². The van der Waals surface area contributed by atoms with E-state index >= 15 is 0 Å². The minimum absolute atomic E-state index is 0.0404.